The zero-order valence-corrected chi connectivity index (χ0v) is 20.0. The molecule has 24 heavy (non-hydrogen) atoms. The molecule has 0 spiro atoms. The first-order valence-electron chi connectivity index (χ1n) is 10.3. The van der Waals surface area contributed by atoms with Gasteiger partial charge in [0.15, 0.2) is 0 Å². The Hall–Kier alpha value is -0.0313. The van der Waals surface area contributed by atoms with Gasteiger partial charge in [0, 0.05) is 0 Å². The van der Waals surface area contributed by atoms with Gasteiger partial charge >= 0.3 is 155 Å². The molecular formula is C20H41N3Sn. The molecule has 1 rings (SSSR count). The van der Waals surface area contributed by atoms with E-state index in [1.54, 1.807) is 3.84 Å². The Kier molecular flexibility index (Phi) is 10.6. The summed E-state index contributed by atoms with van der Waals surface area (Å²) in [6, 6.07) is 0. The zero-order valence-electron chi connectivity index (χ0n) is 17.1. The number of unbranched alkanes of at least 4 members (excludes halogenated alkanes) is 3. The van der Waals surface area contributed by atoms with Crippen molar-refractivity contribution < 1.29 is 0 Å². The van der Waals surface area contributed by atoms with Crippen molar-refractivity contribution in [3.05, 3.63) is 12.4 Å². The molecule has 0 saturated carbocycles. The van der Waals surface area contributed by atoms with Crippen LogP contribution in [-0.4, -0.2) is 46.9 Å². The molecule has 0 fully saturated rings. The second-order valence-electron chi connectivity index (χ2n) is 7.60. The molecule has 0 aliphatic rings. The van der Waals surface area contributed by atoms with Gasteiger partial charge in [0.1, 0.15) is 0 Å². The maximum absolute atomic E-state index is 5.03. The summed E-state index contributed by atoms with van der Waals surface area (Å²) in [5, 5.41) is 0. The fourth-order valence-corrected chi connectivity index (χ4v) is 20.1. The molecule has 0 aliphatic carbocycles. The molecule has 1 atom stereocenters. The van der Waals surface area contributed by atoms with Gasteiger partial charge in [0.2, 0.25) is 0 Å². The summed E-state index contributed by atoms with van der Waals surface area (Å²) in [7, 11) is 4.42. The van der Waals surface area contributed by atoms with Crippen molar-refractivity contribution in [3.8, 4) is 0 Å². The monoisotopic (exact) mass is 443 g/mol. The molecule has 1 unspecified atom stereocenters. The van der Waals surface area contributed by atoms with Crippen LogP contribution in [0.2, 0.25) is 13.3 Å². The first kappa shape index (κ1) is 22.0. The predicted octanol–water partition coefficient (Wildman–Crippen LogP) is 5.41. The molecule has 3 nitrogen and oxygen atoms in total. The molecule has 0 saturated heterocycles. The number of imidazole rings is 1. The van der Waals surface area contributed by atoms with Crippen LogP contribution in [0.1, 0.15) is 78.8 Å². The minimum atomic E-state index is -2.44. The first-order valence-corrected chi connectivity index (χ1v) is 17.7. The fraction of sp³-hybridized carbons (Fsp3) is 0.850. The molecule has 140 valence electrons. The van der Waals surface area contributed by atoms with Gasteiger partial charge < -0.3 is 0 Å². The first-order chi connectivity index (χ1) is 11.6. The van der Waals surface area contributed by atoms with Crippen LogP contribution < -0.4 is 3.84 Å². The molecule has 0 bridgehead atoms. The Morgan fingerprint density at radius 1 is 0.958 bits per heavy atom. The van der Waals surface area contributed by atoms with Crippen LogP contribution in [0.25, 0.3) is 0 Å². The van der Waals surface area contributed by atoms with E-state index in [4.69, 9.17) is 4.98 Å². The molecular weight excluding hydrogens is 401 g/mol. The molecule has 1 heterocycles. The second-order valence-corrected chi connectivity index (χ2v) is 20.5. The van der Waals surface area contributed by atoms with Crippen molar-refractivity contribution >= 4 is 22.2 Å². The molecule has 0 aromatic carbocycles. The van der Waals surface area contributed by atoms with Gasteiger partial charge in [-0.3, -0.25) is 0 Å². The third kappa shape index (κ3) is 5.75. The normalized spacial score (nSPS) is 13.6. The Morgan fingerprint density at radius 2 is 1.46 bits per heavy atom. The quantitative estimate of drug-likeness (QED) is 0.381. The van der Waals surface area contributed by atoms with Crippen molar-refractivity contribution in [2.75, 3.05) is 14.1 Å². The summed E-state index contributed by atoms with van der Waals surface area (Å²) < 4.78 is 8.60. The van der Waals surface area contributed by atoms with E-state index in [1.165, 1.54) is 51.8 Å². The summed E-state index contributed by atoms with van der Waals surface area (Å²) in [5.74, 6) is 0. The van der Waals surface area contributed by atoms with Crippen molar-refractivity contribution in [3.63, 3.8) is 0 Å². The minimum absolute atomic E-state index is 0.462. The third-order valence-electron chi connectivity index (χ3n) is 5.45. The average Bonchev–Trinajstić information content (AvgIpc) is 3.05. The van der Waals surface area contributed by atoms with Crippen molar-refractivity contribution in [2.24, 2.45) is 0 Å². The van der Waals surface area contributed by atoms with Crippen molar-refractivity contribution in [1.29, 1.82) is 0 Å². The number of nitrogens with zero attached hydrogens (tertiary/aromatic N) is 3. The van der Waals surface area contributed by atoms with Crippen LogP contribution in [0.4, 0.5) is 0 Å². The maximum atomic E-state index is 5.03. The second kappa shape index (κ2) is 11.6. The SMILES string of the molecule is CCC[CH2][Sn]([CH2]CCC)([CH2]CCC)[c]1nccn1C(CC)N(C)C. The number of hydrogen-bond acceptors (Lipinski definition) is 2. The van der Waals surface area contributed by atoms with E-state index in [0.29, 0.717) is 6.17 Å². The fourth-order valence-electron chi connectivity index (χ4n) is 4.03. The van der Waals surface area contributed by atoms with E-state index >= 15 is 0 Å². The molecule has 1 aromatic rings. The summed E-state index contributed by atoms with van der Waals surface area (Å²) in [4.78, 5) is 7.39. The van der Waals surface area contributed by atoms with Gasteiger partial charge in [0.25, 0.3) is 0 Å². The van der Waals surface area contributed by atoms with E-state index in [-0.39, 0.29) is 0 Å². The van der Waals surface area contributed by atoms with Crippen LogP contribution in [0.5, 0.6) is 0 Å². The molecule has 0 radical (unpaired) electrons. The summed E-state index contributed by atoms with van der Waals surface area (Å²) in [6.45, 7) is 9.34. The van der Waals surface area contributed by atoms with Gasteiger partial charge in [-0.05, 0) is 0 Å². The zero-order chi connectivity index (χ0) is 18.0. The van der Waals surface area contributed by atoms with E-state index in [0.717, 1.165) is 6.42 Å². The summed E-state index contributed by atoms with van der Waals surface area (Å²) in [5.41, 5.74) is 0. The summed E-state index contributed by atoms with van der Waals surface area (Å²) >= 11 is -2.44. The Balaban J connectivity index is 3.27. The Bertz CT molecular complexity index is 420. The van der Waals surface area contributed by atoms with Crippen molar-refractivity contribution in [2.45, 2.75) is 92.1 Å². The van der Waals surface area contributed by atoms with E-state index in [2.05, 4.69) is 63.7 Å². The van der Waals surface area contributed by atoms with Gasteiger partial charge in [-0.15, -0.1) is 0 Å². The van der Waals surface area contributed by atoms with Crippen LogP contribution in [0.15, 0.2) is 12.4 Å². The van der Waals surface area contributed by atoms with Crippen LogP contribution >= 0.6 is 0 Å². The van der Waals surface area contributed by atoms with E-state index in [9.17, 15) is 0 Å². The van der Waals surface area contributed by atoms with Gasteiger partial charge in [0.05, 0.1) is 0 Å². The van der Waals surface area contributed by atoms with Crippen LogP contribution in [-0.2, 0) is 0 Å². The third-order valence-corrected chi connectivity index (χ3v) is 20.5. The van der Waals surface area contributed by atoms with Crippen LogP contribution in [0, 0.1) is 0 Å². The molecule has 0 amide bonds. The molecule has 1 aromatic heterocycles. The average molecular weight is 442 g/mol. The number of hydrogen-bond donors (Lipinski definition) is 0. The number of aromatic nitrogens is 2. The molecule has 4 heteroatoms. The topological polar surface area (TPSA) is 21.1 Å². The van der Waals surface area contributed by atoms with Crippen molar-refractivity contribution in [1.82, 2.24) is 14.5 Å². The molecule has 0 aliphatic heterocycles. The Morgan fingerprint density at radius 3 is 1.83 bits per heavy atom. The van der Waals surface area contributed by atoms with Gasteiger partial charge in [-0.25, -0.2) is 0 Å². The van der Waals surface area contributed by atoms with Crippen LogP contribution in [0.3, 0.4) is 0 Å². The van der Waals surface area contributed by atoms with Gasteiger partial charge in [-0.2, -0.15) is 0 Å². The standard InChI is InChI=1S/C8H14N3.3C4H9.Sn/c1-4-8(10(2)3)11-6-5-9-7-11;3*1-3-4-2;/h5-6,8H,4H2,1-3H3;3*1,3-4H2,2H3;. The number of rotatable bonds is 13. The van der Waals surface area contributed by atoms with Gasteiger partial charge in [-0.1, -0.05) is 0 Å². The van der Waals surface area contributed by atoms with E-state index in [1.807, 2.05) is 0 Å². The Labute approximate surface area is 155 Å². The molecule has 0 N–H and O–H groups in total. The van der Waals surface area contributed by atoms with E-state index < -0.39 is 18.4 Å². The summed E-state index contributed by atoms with van der Waals surface area (Å²) in [6.07, 6.45) is 14.1. The predicted molar refractivity (Wildman–Crippen MR) is 110 cm³/mol.